The number of nitrogens with one attached hydrogen (secondary N) is 1. The third kappa shape index (κ3) is 3.56. The van der Waals surface area contributed by atoms with E-state index in [9.17, 15) is 4.79 Å². The van der Waals surface area contributed by atoms with Crippen molar-refractivity contribution in [2.24, 2.45) is 5.92 Å². The van der Waals surface area contributed by atoms with Crippen molar-refractivity contribution in [2.75, 3.05) is 12.8 Å². The lowest BCUT2D eigenvalue weighted by molar-refractivity contribution is 0.0948. The lowest BCUT2D eigenvalue weighted by atomic mass is 10.1. The zero-order valence-electron chi connectivity index (χ0n) is 10.3. The maximum atomic E-state index is 11.9. The summed E-state index contributed by atoms with van der Waals surface area (Å²) in [6, 6.07) is 5.99. The fourth-order valence-corrected chi connectivity index (χ4v) is 1.80. The summed E-state index contributed by atoms with van der Waals surface area (Å²) in [5.41, 5.74) is 1.81. The van der Waals surface area contributed by atoms with Crippen LogP contribution in [0.4, 0.5) is 0 Å². The van der Waals surface area contributed by atoms with Crippen molar-refractivity contribution >= 4 is 17.7 Å². The predicted octanol–water partition coefficient (Wildman–Crippen LogP) is 3.10. The van der Waals surface area contributed by atoms with Gasteiger partial charge >= 0.3 is 0 Å². The highest BCUT2D eigenvalue weighted by atomic mass is 32.2. The normalized spacial score (nSPS) is 10.6. The van der Waals surface area contributed by atoms with Gasteiger partial charge in [0.2, 0.25) is 0 Å². The molecule has 0 saturated carbocycles. The molecule has 2 nitrogen and oxygen atoms in total. The van der Waals surface area contributed by atoms with E-state index in [2.05, 4.69) is 19.2 Å². The first kappa shape index (κ1) is 13.1. The molecule has 16 heavy (non-hydrogen) atoms. The standard InChI is InChI=1S/C13H19NOS/c1-9(2)8-14-13(15)12-7-11(16-4)6-5-10(12)3/h5-7,9H,8H2,1-4H3,(H,14,15). The van der Waals surface area contributed by atoms with Crippen LogP contribution in [-0.2, 0) is 0 Å². The second kappa shape index (κ2) is 5.94. The number of benzene rings is 1. The maximum Gasteiger partial charge on any atom is 0.251 e. The number of aryl methyl sites for hydroxylation is 1. The van der Waals surface area contributed by atoms with E-state index in [0.717, 1.165) is 22.6 Å². The zero-order valence-corrected chi connectivity index (χ0v) is 11.1. The molecule has 1 N–H and O–H groups in total. The lowest BCUT2D eigenvalue weighted by Crippen LogP contribution is -2.27. The Kier molecular flexibility index (Phi) is 4.87. The second-order valence-electron chi connectivity index (χ2n) is 4.28. The topological polar surface area (TPSA) is 29.1 Å². The van der Waals surface area contributed by atoms with E-state index in [-0.39, 0.29) is 5.91 Å². The molecule has 0 aliphatic heterocycles. The molecule has 1 amide bonds. The molecule has 0 bridgehead atoms. The first-order chi connectivity index (χ1) is 7.54. The van der Waals surface area contributed by atoms with Gasteiger partial charge < -0.3 is 5.32 Å². The fraction of sp³-hybridized carbons (Fsp3) is 0.462. The van der Waals surface area contributed by atoms with Gasteiger partial charge in [-0.25, -0.2) is 0 Å². The minimum atomic E-state index is 0.0297. The molecule has 0 aromatic heterocycles. The monoisotopic (exact) mass is 237 g/mol. The molecule has 0 aliphatic carbocycles. The van der Waals surface area contributed by atoms with Gasteiger partial charge in [0.1, 0.15) is 0 Å². The molecule has 0 fully saturated rings. The van der Waals surface area contributed by atoms with E-state index < -0.39 is 0 Å². The van der Waals surface area contributed by atoms with Gasteiger partial charge in [0, 0.05) is 17.0 Å². The Labute approximate surface area is 102 Å². The molecule has 0 atom stereocenters. The van der Waals surface area contributed by atoms with Gasteiger partial charge in [-0.05, 0) is 36.8 Å². The number of thioether (sulfide) groups is 1. The summed E-state index contributed by atoms with van der Waals surface area (Å²) >= 11 is 1.65. The average molecular weight is 237 g/mol. The first-order valence-electron chi connectivity index (χ1n) is 5.47. The van der Waals surface area contributed by atoms with Crippen LogP contribution in [0.15, 0.2) is 23.1 Å². The largest absolute Gasteiger partial charge is 0.352 e. The smallest absolute Gasteiger partial charge is 0.251 e. The molecule has 0 radical (unpaired) electrons. The van der Waals surface area contributed by atoms with E-state index >= 15 is 0 Å². The molecular weight excluding hydrogens is 218 g/mol. The van der Waals surface area contributed by atoms with E-state index in [0.29, 0.717) is 5.92 Å². The highest BCUT2D eigenvalue weighted by molar-refractivity contribution is 7.98. The fourth-order valence-electron chi connectivity index (χ4n) is 1.36. The molecule has 0 heterocycles. The van der Waals surface area contributed by atoms with Crippen molar-refractivity contribution in [3.05, 3.63) is 29.3 Å². The van der Waals surface area contributed by atoms with Crippen LogP contribution < -0.4 is 5.32 Å². The summed E-state index contributed by atoms with van der Waals surface area (Å²) < 4.78 is 0. The van der Waals surface area contributed by atoms with Crippen LogP contribution in [0.25, 0.3) is 0 Å². The summed E-state index contributed by atoms with van der Waals surface area (Å²) in [5, 5.41) is 2.94. The predicted molar refractivity (Wildman–Crippen MR) is 70.1 cm³/mol. The highest BCUT2D eigenvalue weighted by Crippen LogP contribution is 2.18. The van der Waals surface area contributed by atoms with Crippen molar-refractivity contribution in [3.63, 3.8) is 0 Å². The molecule has 88 valence electrons. The van der Waals surface area contributed by atoms with Gasteiger partial charge in [0.25, 0.3) is 5.91 Å². The summed E-state index contributed by atoms with van der Waals surface area (Å²) in [7, 11) is 0. The van der Waals surface area contributed by atoms with Crippen molar-refractivity contribution in [3.8, 4) is 0 Å². The third-order valence-corrected chi connectivity index (χ3v) is 3.09. The molecule has 1 rings (SSSR count). The Hall–Kier alpha value is -0.960. The van der Waals surface area contributed by atoms with Crippen LogP contribution >= 0.6 is 11.8 Å². The summed E-state index contributed by atoms with van der Waals surface area (Å²) in [4.78, 5) is 13.0. The lowest BCUT2D eigenvalue weighted by Gasteiger charge is -2.10. The number of rotatable bonds is 4. The SMILES string of the molecule is CSc1ccc(C)c(C(=O)NCC(C)C)c1. The number of carbonyl (C=O) groups is 1. The molecule has 1 aromatic rings. The number of carbonyl (C=O) groups excluding carboxylic acids is 1. The maximum absolute atomic E-state index is 11.9. The van der Waals surface area contributed by atoms with E-state index in [1.165, 1.54) is 0 Å². The van der Waals surface area contributed by atoms with Gasteiger partial charge in [0.15, 0.2) is 0 Å². The minimum Gasteiger partial charge on any atom is -0.352 e. The number of hydrogen-bond donors (Lipinski definition) is 1. The van der Waals surface area contributed by atoms with Gasteiger partial charge in [-0.3, -0.25) is 4.79 Å². The van der Waals surface area contributed by atoms with Crippen molar-refractivity contribution in [1.82, 2.24) is 5.32 Å². The van der Waals surface area contributed by atoms with Crippen LogP contribution in [0.2, 0.25) is 0 Å². The zero-order chi connectivity index (χ0) is 12.1. The number of hydrogen-bond acceptors (Lipinski definition) is 2. The van der Waals surface area contributed by atoms with E-state index in [1.807, 2.05) is 31.4 Å². The quantitative estimate of drug-likeness (QED) is 0.815. The van der Waals surface area contributed by atoms with Crippen LogP contribution in [-0.4, -0.2) is 18.7 Å². The van der Waals surface area contributed by atoms with Crippen molar-refractivity contribution in [1.29, 1.82) is 0 Å². The molecule has 0 spiro atoms. The molecular formula is C13H19NOS. The summed E-state index contributed by atoms with van der Waals surface area (Å²) in [6.07, 6.45) is 2.01. The average Bonchev–Trinajstić information content (AvgIpc) is 2.26. The Morgan fingerprint density at radius 2 is 2.12 bits per heavy atom. The molecule has 0 unspecified atom stereocenters. The van der Waals surface area contributed by atoms with Crippen LogP contribution in [0, 0.1) is 12.8 Å². The van der Waals surface area contributed by atoms with Gasteiger partial charge in [-0.15, -0.1) is 11.8 Å². The molecule has 1 aromatic carbocycles. The molecule has 0 aliphatic rings. The van der Waals surface area contributed by atoms with E-state index in [4.69, 9.17) is 0 Å². The molecule has 3 heteroatoms. The summed E-state index contributed by atoms with van der Waals surface area (Å²) in [5.74, 6) is 0.509. The minimum absolute atomic E-state index is 0.0297. The van der Waals surface area contributed by atoms with Crippen LogP contribution in [0.3, 0.4) is 0 Å². The van der Waals surface area contributed by atoms with Crippen molar-refractivity contribution in [2.45, 2.75) is 25.7 Å². The Morgan fingerprint density at radius 3 is 2.69 bits per heavy atom. The first-order valence-corrected chi connectivity index (χ1v) is 6.70. The molecule has 0 saturated heterocycles. The Morgan fingerprint density at radius 1 is 1.44 bits per heavy atom. The number of amides is 1. The van der Waals surface area contributed by atoms with Crippen molar-refractivity contribution < 1.29 is 4.79 Å². The van der Waals surface area contributed by atoms with Gasteiger partial charge in [-0.1, -0.05) is 19.9 Å². The third-order valence-electron chi connectivity index (χ3n) is 2.36. The van der Waals surface area contributed by atoms with Gasteiger partial charge in [0.05, 0.1) is 0 Å². The van der Waals surface area contributed by atoms with Crippen LogP contribution in [0.1, 0.15) is 29.8 Å². The highest BCUT2D eigenvalue weighted by Gasteiger charge is 2.09. The van der Waals surface area contributed by atoms with Gasteiger partial charge in [-0.2, -0.15) is 0 Å². The second-order valence-corrected chi connectivity index (χ2v) is 5.16. The van der Waals surface area contributed by atoms with Crippen LogP contribution in [0.5, 0.6) is 0 Å². The van der Waals surface area contributed by atoms with E-state index in [1.54, 1.807) is 11.8 Å². The summed E-state index contributed by atoms with van der Waals surface area (Å²) in [6.45, 7) is 6.87. The Bertz CT molecular complexity index is 374. The Balaban J connectivity index is 2.81.